The lowest BCUT2D eigenvalue weighted by molar-refractivity contribution is 0.102. The molecule has 8 heteroatoms. The van der Waals surface area contributed by atoms with Crippen LogP contribution in [0.4, 0.5) is 5.69 Å². The molecule has 0 fully saturated rings. The molecule has 0 saturated carbocycles. The maximum absolute atomic E-state index is 12.2. The molecular formula is C18H13N5O3. The number of nitrogens with one attached hydrogen (secondary N) is 1. The summed E-state index contributed by atoms with van der Waals surface area (Å²) < 4.78 is 6.37. The minimum absolute atomic E-state index is 0.259. The monoisotopic (exact) mass is 347 g/mol. The van der Waals surface area contributed by atoms with Gasteiger partial charge in [0.25, 0.3) is 5.91 Å². The zero-order valence-electron chi connectivity index (χ0n) is 13.7. The van der Waals surface area contributed by atoms with Gasteiger partial charge < -0.3 is 9.73 Å². The summed E-state index contributed by atoms with van der Waals surface area (Å²) in [6.07, 6.45) is 1.13. The molecule has 0 radical (unpaired) electrons. The molecule has 0 bridgehead atoms. The maximum atomic E-state index is 12.2. The van der Waals surface area contributed by atoms with Crippen molar-refractivity contribution in [2.45, 2.75) is 6.92 Å². The molecule has 4 rings (SSSR count). The van der Waals surface area contributed by atoms with E-state index in [1.165, 1.54) is 12.1 Å². The first kappa shape index (κ1) is 15.7. The lowest BCUT2D eigenvalue weighted by atomic mass is 10.1. The number of aromatic nitrogens is 4. The van der Waals surface area contributed by atoms with Gasteiger partial charge in [0.1, 0.15) is 6.26 Å². The van der Waals surface area contributed by atoms with E-state index in [2.05, 4.69) is 20.6 Å². The number of amides is 1. The zero-order valence-corrected chi connectivity index (χ0v) is 13.7. The highest BCUT2D eigenvalue weighted by Crippen LogP contribution is 2.21. The quantitative estimate of drug-likeness (QED) is 0.610. The summed E-state index contributed by atoms with van der Waals surface area (Å²) in [4.78, 5) is 23.2. The Bertz CT molecular complexity index is 1160. The van der Waals surface area contributed by atoms with Crippen LogP contribution in [0.2, 0.25) is 0 Å². The number of rotatable bonds is 3. The Balaban J connectivity index is 1.63. The molecule has 8 nitrogen and oxygen atoms in total. The molecule has 0 saturated heterocycles. The van der Waals surface area contributed by atoms with Crippen LogP contribution in [0.5, 0.6) is 0 Å². The number of fused-ring (bicyclic) bond motifs is 1. The molecule has 0 unspecified atom stereocenters. The summed E-state index contributed by atoms with van der Waals surface area (Å²) in [5.41, 5.74) is 2.57. The van der Waals surface area contributed by atoms with E-state index in [9.17, 15) is 9.59 Å². The SMILES string of the molecule is Cc1nnc2ccc(-c3cccc(NC(=O)c4ccc(=O)oc4)c3)nn12. The number of hydrogen-bond donors (Lipinski definition) is 1. The molecule has 0 aliphatic heterocycles. The van der Waals surface area contributed by atoms with Crippen LogP contribution >= 0.6 is 0 Å². The first-order chi connectivity index (χ1) is 12.6. The summed E-state index contributed by atoms with van der Waals surface area (Å²) in [5, 5.41) is 15.3. The van der Waals surface area contributed by atoms with Crippen LogP contribution in [-0.2, 0) is 0 Å². The van der Waals surface area contributed by atoms with Gasteiger partial charge in [-0.25, -0.2) is 4.79 Å². The van der Waals surface area contributed by atoms with E-state index in [1.807, 2.05) is 37.3 Å². The van der Waals surface area contributed by atoms with Gasteiger partial charge in [0.15, 0.2) is 11.5 Å². The Hall–Kier alpha value is -3.81. The Labute approximate surface area is 147 Å². The van der Waals surface area contributed by atoms with Crippen molar-refractivity contribution >= 4 is 17.2 Å². The number of aryl methyl sites for hydroxylation is 1. The van der Waals surface area contributed by atoms with Crippen LogP contribution in [0.1, 0.15) is 16.2 Å². The molecule has 3 aromatic heterocycles. The van der Waals surface area contributed by atoms with Crippen LogP contribution < -0.4 is 10.9 Å². The van der Waals surface area contributed by atoms with E-state index in [0.717, 1.165) is 17.5 Å². The highest BCUT2D eigenvalue weighted by atomic mass is 16.4. The third-order valence-electron chi connectivity index (χ3n) is 3.80. The molecule has 1 aromatic carbocycles. The van der Waals surface area contributed by atoms with Crippen molar-refractivity contribution in [2.24, 2.45) is 0 Å². The predicted molar refractivity (Wildman–Crippen MR) is 93.9 cm³/mol. The molecule has 1 amide bonds. The molecule has 3 heterocycles. The molecular weight excluding hydrogens is 334 g/mol. The molecule has 128 valence electrons. The molecule has 0 aliphatic carbocycles. The van der Waals surface area contributed by atoms with Gasteiger partial charge in [-0.1, -0.05) is 12.1 Å². The van der Waals surface area contributed by atoms with Crippen molar-refractivity contribution in [1.82, 2.24) is 19.8 Å². The smallest absolute Gasteiger partial charge is 0.335 e. The maximum Gasteiger partial charge on any atom is 0.335 e. The average Bonchev–Trinajstić information content (AvgIpc) is 3.03. The van der Waals surface area contributed by atoms with Crippen molar-refractivity contribution in [3.63, 3.8) is 0 Å². The van der Waals surface area contributed by atoms with Gasteiger partial charge in [0.05, 0.1) is 11.3 Å². The Kier molecular flexibility index (Phi) is 3.77. The largest absolute Gasteiger partial charge is 0.430 e. The van der Waals surface area contributed by atoms with Gasteiger partial charge in [-0.15, -0.1) is 10.2 Å². The topological polar surface area (TPSA) is 102 Å². The minimum Gasteiger partial charge on any atom is -0.430 e. The Morgan fingerprint density at radius 3 is 2.81 bits per heavy atom. The molecule has 1 N–H and O–H groups in total. The van der Waals surface area contributed by atoms with Gasteiger partial charge in [-0.2, -0.15) is 9.61 Å². The van der Waals surface area contributed by atoms with Crippen LogP contribution in [-0.4, -0.2) is 25.7 Å². The number of nitrogens with zero attached hydrogens (tertiary/aromatic N) is 4. The van der Waals surface area contributed by atoms with Crippen LogP contribution in [0.25, 0.3) is 16.9 Å². The molecule has 0 aliphatic rings. The van der Waals surface area contributed by atoms with E-state index < -0.39 is 5.63 Å². The van der Waals surface area contributed by atoms with E-state index in [4.69, 9.17) is 4.42 Å². The summed E-state index contributed by atoms with van der Waals surface area (Å²) in [5.74, 6) is 0.320. The second-order valence-electron chi connectivity index (χ2n) is 5.61. The second-order valence-corrected chi connectivity index (χ2v) is 5.61. The summed E-state index contributed by atoms with van der Waals surface area (Å²) >= 11 is 0. The lowest BCUT2D eigenvalue weighted by Gasteiger charge is -2.07. The van der Waals surface area contributed by atoms with E-state index >= 15 is 0 Å². The number of carbonyl (C=O) groups excluding carboxylic acids is 1. The predicted octanol–water partition coefficient (Wildman–Crippen LogP) is 2.31. The summed E-state index contributed by atoms with van der Waals surface area (Å²) in [6.45, 7) is 1.83. The number of hydrogen-bond acceptors (Lipinski definition) is 6. The molecule has 0 atom stereocenters. The Morgan fingerprint density at radius 2 is 2.00 bits per heavy atom. The third kappa shape index (κ3) is 2.95. The first-order valence-corrected chi connectivity index (χ1v) is 7.80. The van der Waals surface area contributed by atoms with Gasteiger partial charge in [0, 0.05) is 17.3 Å². The fourth-order valence-corrected chi connectivity index (χ4v) is 2.50. The van der Waals surface area contributed by atoms with Crippen molar-refractivity contribution in [3.05, 3.63) is 76.6 Å². The molecule has 0 spiro atoms. The molecule has 26 heavy (non-hydrogen) atoms. The number of anilines is 1. The highest BCUT2D eigenvalue weighted by Gasteiger charge is 2.09. The fraction of sp³-hybridized carbons (Fsp3) is 0.0556. The van der Waals surface area contributed by atoms with Crippen LogP contribution in [0, 0.1) is 6.92 Å². The van der Waals surface area contributed by atoms with Gasteiger partial charge in [0.2, 0.25) is 0 Å². The van der Waals surface area contributed by atoms with Crippen molar-refractivity contribution in [2.75, 3.05) is 5.32 Å². The van der Waals surface area contributed by atoms with Crippen molar-refractivity contribution in [3.8, 4) is 11.3 Å². The zero-order chi connectivity index (χ0) is 18.1. The Morgan fingerprint density at radius 1 is 1.12 bits per heavy atom. The highest BCUT2D eigenvalue weighted by molar-refractivity contribution is 6.04. The van der Waals surface area contributed by atoms with Crippen molar-refractivity contribution in [1.29, 1.82) is 0 Å². The van der Waals surface area contributed by atoms with Gasteiger partial charge in [-0.3, -0.25) is 4.79 Å². The van der Waals surface area contributed by atoms with E-state index in [0.29, 0.717) is 17.2 Å². The van der Waals surface area contributed by atoms with Crippen LogP contribution in [0.15, 0.2) is 64.0 Å². The molecule has 4 aromatic rings. The second kappa shape index (κ2) is 6.25. The number of benzene rings is 1. The normalized spacial score (nSPS) is 10.8. The fourth-order valence-electron chi connectivity index (χ4n) is 2.50. The van der Waals surface area contributed by atoms with Gasteiger partial charge in [-0.05, 0) is 37.3 Å². The average molecular weight is 347 g/mol. The summed E-state index contributed by atoms with van der Waals surface area (Å²) in [6, 6.07) is 13.6. The standard InChI is InChI=1S/C18H13N5O3/c1-11-20-21-16-7-6-15(22-23(11)16)12-3-2-4-14(9-12)19-18(25)13-5-8-17(24)26-10-13/h2-10H,1H3,(H,19,25). The third-order valence-corrected chi connectivity index (χ3v) is 3.80. The van der Waals surface area contributed by atoms with Gasteiger partial charge >= 0.3 is 5.63 Å². The first-order valence-electron chi connectivity index (χ1n) is 7.80. The van der Waals surface area contributed by atoms with E-state index in [-0.39, 0.29) is 11.5 Å². The number of carbonyl (C=O) groups is 1. The van der Waals surface area contributed by atoms with Crippen molar-refractivity contribution < 1.29 is 9.21 Å². The lowest BCUT2D eigenvalue weighted by Crippen LogP contribution is -2.13. The minimum atomic E-state index is -0.505. The van der Waals surface area contributed by atoms with E-state index in [1.54, 1.807) is 10.6 Å². The van der Waals surface area contributed by atoms with Crippen LogP contribution in [0.3, 0.4) is 0 Å². The summed E-state index contributed by atoms with van der Waals surface area (Å²) in [7, 11) is 0.